The van der Waals surface area contributed by atoms with Crippen LogP contribution in [0.2, 0.25) is 0 Å². The van der Waals surface area contributed by atoms with E-state index in [-0.39, 0.29) is 5.91 Å². The minimum atomic E-state index is -0.131. The standard InChI is InChI=1S/C13H19BrN2O3/c1-18-11-7-5-6-10(14)13(11)19-9-4-2-3-8-12(17)16-15/h5-7H,2-4,8-9,15H2,1H3,(H,16,17). The van der Waals surface area contributed by atoms with Gasteiger partial charge in [-0.15, -0.1) is 0 Å². The summed E-state index contributed by atoms with van der Waals surface area (Å²) in [6.45, 7) is 0.587. The number of rotatable bonds is 8. The van der Waals surface area contributed by atoms with Gasteiger partial charge in [0.15, 0.2) is 11.5 Å². The van der Waals surface area contributed by atoms with Crippen LogP contribution in [0.4, 0.5) is 0 Å². The van der Waals surface area contributed by atoms with E-state index in [2.05, 4.69) is 21.4 Å². The second-order valence-electron chi connectivity index (χ2n) is 4.00. The number of nitrogens with two attached hydrogens (primary N) is 1. The summed E-state index contributed by atoms with van der Waals surface area (Å²) < 4.78 is 11.8. The van der Waals surface area contributed by atoms with Crippen molar-refractivity contribution >= 4 is 21.8 Å². The fraction of sp³-hybridized carbons (Fsp3) is 0.462. The molecule has 0 aromatic heterocycles. The molecule has 19 heavy (non-hydrogen) atoms. The Labute approximate surface area is 121 Å². The Balaban J connectivity index is 2.28. The van der Waals surface area contributed by atoms with Crippen molar-refractivity contribution in [3.63, 3.8) is 0 Å². The number of nitrogens with one attached hydrogen (secondary N) is 1. The average Bonchev–Trinajstić information content (AvgIpc) is 2.43. The van der Waals surface area contributed by atoms with Crippen LogP contribution in [0.15, 0.2) is 22.7 Å². The molecule has 5 nitrogen and oxygen atoms in total. The minimum Gasteiger partial charge on any atom is -0.493 e. The number of para-hydroxylation sites is 1. The first kappa shape index (κ1) is 15.8. The molecule has 1 aromatic rings. The molecule has 0 bridgehead atoms. The third-order valence-corrected chi connectivity index (χ3v) is 3.23. The highest BCUT2D eigenvalue weighted by molar-refractivity contribution is 9.10. The number of hydrogen-bond acceptors (Lipinski definition) is 4. The van der Waals surface area contributed by atoms with E-state index >= 15 is 0 Å². The number of halogens is 1. The molecule has 0 aliphatic carbocycles. The summed E-state index contributed by atoms with van der Waals surface area (Å²) >= 11 is 3.43. The maximum atomic E-state index is 10.9. The highest BCUT2D eigenvalue weighted by Gasteiger charge is 2.08. The molecule has 106 valence electrons. The van der Waals surface area contributed by atoms with Crippen molar-refractivity contribution in [2.45, 2.75) is 25.7 Å². The zero-order valence-electron chi connectivity index (χ0n) is 10.9. The van der Waals surface area contributed by atoms with Crippen LogP contribution in [-0.2, 0) is 4.79 Å². The summed E-state index contributed by atoms with van der Waals surface area (Å²) in [5.41, 5.74) is 2.11. The molecule has 0 radical (unpaired) electrons. The lowest BCUT2D eigenvalue weighted by molar-refractivity contribution is -0.121. The average molecular weight is 331 g/mol. The van der Waals surface area contributed by atoms with Gasteiger partial charge in [-0.1, -0.05) is 6.07 Å². The SMILES string of the molecule is COc1cccc(Br)c1OCCCCCC(=O)NN. The molecule has 0 fully saturated rings. The van der Waals surface area contributed by atoms with Crippen LogP contribution in [-0.4, -0.2) is 19.6 Å². The monoisotopic (exact) mass is 330 g/mol. The highest BCUT2D eigenvalue weighted by atomic mass is 79.9. The van der Waals surface area contributed by atoms with E-state index < -0.39 is 0 Å². The fourth-order valence-corrected chi connectivity index (χ4v) is 2.06. The van der Waals surface area contributed by atoms with Crippen molar-refractivity contribution in [3.05, 3.63) is 22.7 Å². The van der Waals surface area contributed by atoms with Crippen molar-refractivity contribution in [3.8, 4) is 11.5 Å². The molecule has 0 unspecified atom stereocenters. The van der Waals surface area contributed by atoms with Gasteiger partial charge >= 0.3 is 0 Å². The van der Waals surface area contributed by atoms with Gasteiger partial charge in [-0.25, -0.2) is 5.84 Å². The fourth-order valence-electron chi connectivity index (χ4n) is 1.60. The Morgan fingerprint density at radius 2 is 2.16 bits per heavy atom. The minimum absolute atomic E-state index is 0.131. The molecular formula is C13H19BrN2O3. The normalized spacial score (nSPS) is 10.1. The second-order valence-corrected chi connectivity index (χ2v) is 4.85. The number of benzene rings is 1. The highest BCUT2D eigenvalue weighted by Crippen LogP contribution is 2.34. The number of ether oxygens (including phenoxy) is 2. The maximum Gasteiger partial charge on any atom is 0.233 e. The topological polar surface area (TPSA) is 73.6 Å². The molecule has 0 aliphatic rings. The Morgan fingerprint density at radius 1 is 1.37 bits per heavy atom. The van der Waals surface area contributed by atoms with Crippen LogP contribution in [0, 0.1) is 0 Å². The Kier molecular flexibility index (Phi) is 7.28. The van der Waals surface area contributed by atoms with Crippen molar-refractivity contribution in [2.24, 2.45) is 5.84 Å². The van der Waals surface area contributed by atoms with E-state index in [1.54, 1.807) is 7.11 Å². The third kappa shape index (κ3) is 5.48. The quantitative estimate of drug-likeness (QED) is 0.332. The molecule has 0 aliphatic heterocycles. The number of unbranched alkanes of at least 4 members (excludes halogenated alkanes) is 2. The lowest BCUT2D eigenvalue weighted by Crippen LogP contribution is -2.29. The molecule has 0 saturated heterocycles. The van der Waals surface area contributed by atoms with E-state index in [1.165, 1.54) is 0 Å². The Bertz CT molecular complexity index is 413. The third-order valence-electron chi connectivity index (χ3n) is 2.61. The molecule has 0 spiro atoms. The first-order valence-corrected chi connectivity index (χ1v) is 6.93. The molecule has 1 aromatic carbocycles. The van der Waals surface area contributed by atoms with Crippen LogP contribution in [0.1, 0.15) is 25.7 Å². The van der Waals surface area contributed by atoms with Gasteiger partial charge in [-0.2, -0.15) is 0 Å². The number of methoxy groups -OCH3 is 1. The Morgan fingerprint density at radius 3 is 2.84 bits per heavy atom. The predicted molar refractivity (Wildman–Crippen MR) is 77.0 cm³/mol. The van der Waals surface area contributed by atoms with Gasteiger partial charge < -0.3 is 9.47 Å². The Hall–Kier alpha value is -1.27. The molecule has 0 heterocycles. The number of hydrazine groups is 1. The largest absolute Gasteiger partial charge is 0.493 e. The molecule has 1 amide bonds. The summed E-state index contributed by atoms with van der Waals surface area (Å²) in [6.07, 6.45) is 3.05. The van der Waals surface area contributed by atoms with Crippen LogP contribution < -0.4 is 20.7 Å². The molecule has 0 saturated carbocycles. The zero-order valence-corrected chi connectivity index (χ0v) is 12.5. The number of amides is 1. The van der Waals surface area contributed by atoms with Crippen LogP contribution >= 0.6 is 15.9 Å². The van der Waals surface area contributed by atoms with Crippen molar-refractivity contribution in [1.29, 1.82) is 0 Å². The molecule has 0 atom stereocenters. The lowest BCUT2D eigenvalue weighted by Gasteiger charge is -2.12. The first-order chi connectivity index (χ1) is 9.19. The van der Waals surface area contributed by atoms with Crippen LogP contribution in [0.3, 0.4) is 0 Å². The maximum absolute atomic E-state index is 10.9. The molecule has 6 heteroatoms. The molecular weight excluding hydrogens is 312 g/mol. The van der Waals surface area contributed by atoms with Gasteiger partial charge in [0, 0.05) is 6.42 Å². The van der Waals surface area contributed by atoms with Crippen LogP contribution in [0.5, 0.6) is 11.5 Å². The van der Waals surface area contributed by atoms with Gasteiger partial charge in [-0.3, -0.25) is 10.2 Å². The van der Waals surface area contributed by atoms with E-state index in [1.807, 2.05) is 18.2 Å². The summed E-state index contributed by atoms with van der Waals surface area (Å²) in [6, 6.07) is 5.65. The number of carbonyl (C=O) groups is 1. The van der Waals surface area contributed by atoms with Crippen molar-refractivity contribution in [1.82, 2.24) is 5.43 Å². The zero-order chi connectivity index (χ0) is 14.1. The second kappa shape index (κ2) is 8.77. The number of carbonyl (C=O) groups excluding carboxylic acids is 1. The lowest BCUT2D eigenvalue weighted by atomic mass is 10.2. The van der Waals surface area contributed by atoms with E-state index in [9.17, 15) is 4.79 Å². The van der Waals surface area contributed by atoms with Gasteiger partial charge in [-0.05, 0) is 47.3 Å². The van der Waals surface area contributed by atoms with Crippen LogP contribution in [0.25, 0.3) is 0 Å². The smallest absolute Gasteiger partial charge is 0.233 e. The van der Waals surface area contributed by atoms with E-state index in [4.69, 9.17) is 15.3 Å². The predicted octanol–water partition coefficient (Wildman–Crippen LogP) is 2.39. The van der Waals surface area contributed by atoms with Crippen molar-refractivity contribution < 1.29 is 14.3 Å². The summed E-state index contributed by atoms with van der Waals surface area (Å²) in [7, 11) is 1.61. The van der Waals surface area contributed by atoms with E-state index in [0.717, 1.165) is 23.7 Å². The van der Waals surface area contributed by atoms with Gasteiger partial charge in [0.25, 0.3) is 0 Å². The van der Waals surface area contributed by atoms with Gasteiger partial charge in [0.2, 0.25) is 5.91 Å². The summed E-state index contributed by atoms with van der Waals surface area (Å²) in [5, 5.41) is 0. The van der Waals surface area contributed by atoms with Gasteiger partial charge in [0.05, 0.1) is 18.2 Å². The van der Waals surface area contributed by atoms with Crippen molar-refractivity contribution in [2.75, 3.05) is 13.7 Å². The van der Waals surface area contributed by atoms with E-state index in [0.29, 0.717) is 24.5 Å². The first-order valence-electron chi connectivity index (χ1n) is 6.13. The summed E-state index contributed by atoms with van der Waals surface area (Å²) in [4.78, 5) is 10.9. The summed E-state index contributed by atoms with van der Waals surface area (Å²) in [5.74, 6) is 6.28. The molecule has 1 rings (SSSR count). The van der Waals surface area contributed by atoms with Gasteiger partial charge in [0.1, 0.15) is 0 Å². The molecule has 3 N–H and O–H groups in total. The number of hydrogen-bond donors (Lipinski definition) is 2.